The summed E-state index contributed by atoms with van der Waals surface area (Å²) in [5.74, 6) is -0.282. The molecule has 0 bridgehead atoms. The van der Waals surface area contributed by atoms with Gasteiger partial charge in [0, 0.05) is 23.8 Å². The number of halogens is 1. The number of amides is 2. The lowest BCUT2D eigenvalue weighted by Gasteiger charge is -2.08. The van der Waals surface area contributed by atoms with Crippen molar-refractivity contribution in [1.82, 2.24) is 24.8 Å². The van der Waals surface area contributed by atoms with Gasteiger partial charge >= 0.3 is 0 Å². The molecule has 1 aromatic carbocycles. The van der Waals surface area contributed by atoms with Crippen molar-refractivity contribution in [2.24, 2.45) is 5.92 Å². The molecule has 0 atom stereocenters. The van der Waals surface area contributed by atoms with Gasteiger partial charge in [-0.15, -0.1) is 0 Å². The number of aromatic nitrogens is 3. The summed E-state index contributed by atoms with van der Waals surface area (Å²) in [6.45, 7) is 8.07. The van der Waals surface area contributed by atoms with Gasteiger partial charge in [-0.2, -0.15) is 5.10 Å². The van der Waals surface area contributed by atoms with Gasteiger partial charge < -0.3 is 10.6 Å². The third kappa shape index (κ3) is 4.80. The summed E-state index contributed by atoms with van der Waals surface area (Å²) in [5.41, 5.74) is 2.34. The Balaban J connectivity index is 1.83. The first-order valence-corrected chi connectivity index (χ1v) is 10.4. The number of nitrogens with zero attached hydrogens (tertiary/aromatic N) is 3. The minimum Gasteiger partial charge on any atom is -0.352 e. The molecule has 0 fully saturated rings. The summed E-state index contributed by atoms with van der Waals surface area (Å²) in [4.78, 5) is 38.0. The molecule has 0 aliphatic rings. The lowest BCUT2D eigenvalue weighted by molar-refractivity contribution is -0.122. The average Bonchev–Trinajstić information content (AvgIpc) is 2.98. The fourth-order valence-electron chi connectivity index (χ4n) is 3.41. The summed E-state index contributed by atoms with van der Waals surface area (Å²) in [6.07, 6.45) is 1.46. The van der Waals surface area contributed by atoms with Gasteiger partial charge in [-0.3, -0.25) is 18.8 Å². The highest BCUT2D eigenvalue weighted by molar-refractivity contribution is 6.31. The Kier molecular flexibility index (Phi) is 6.80. The van der Waals surface area contributed by atoms with E-state index < -0.39 is 5.56 Å². The Morgan fingerprint density at radius 2 is 1.87 bits per heavy atom. The number of carbonyl (C=O) groups is 2. The van der Waals surface area contributed by atoms with Gasteiger partial charge in [0.2, 0.25) is 5.91 Å². The first kappa shape index (κ1) is 22.6. The molecular weight excluding hydrogens is 418 g/mol. The Bertz CT molecular complexity index is 1200. The molecule has 8 nitrogen and oxygen atoms in total. The Morgan fingerprint density at radius 3 is 2.55 bits per heavy atom. The van der Waals surface area contributed by atoms with Gasteiger partial charge in [-0.25, -0.2) is 4.68 Å². The van der Waals surface area contributed by atoms with E-state index in [0.29, 0.717) is 39.8 Å². The van der Waals surface area contributed by atoms with Crippen molar-refractivity contribution in [3.05, 3.63) is 68.4 Å². The van der Waals surface area contributed by atoms with Gasteiger partial charge in [-0.05, 0) is 37.0 Å². The molecule has 2 N–H and O–H groups in total. The first-order valence-electron chi connectivity index (χ1n) is 10.1. The number of hydrogen-bond acceptors (Lipinski definition) is 4. The number of carbonyl (C=O) groups excluding carboxylic acids is 2. The smallest absolute Gasteiger partial charge is 0.291 e. The molecule has 0 saturated heterocycles. The number of rotatable bonds is 7. The molecule has 0 saturated carbocycles. The van der Waals surface area contributed by atoms with E-state index in [9.17, 15) is 14.4 Å². The third-order valence-electron chi connectivity index (χ3n) is 5.06. The molecule has 3 aromatic rings. The molecule has 3 rings (SSSR count). The fraction of sp³-hybridized carbons (Fsp3) is 0.364. The van der Waals surface area contributed by atoms with Gasteiger partial charge in [0.25, 0.3) is 11.5 Å². The van der Waals surface area contributed by atoms with Crippen LogP contribution in [0.3, 0.4) is 0 Å². The predicted octanol–water partition coefficient (Wildman–Crippen LogP) is 2.47. The molecule has 2 amide bonds. The van der Waals surface area contributed by atoms with Crippen LogP contribution in [0.2, 0.25) is 5.02 Å². The van der Waals surface area contributed by atoms with E-state index in [1.54, 1.807) is 24.3 Å². The molecule has 0 spiro atoms. The van der Waals surface area contributed by atoms with E-state index in [1.807, 2.05) is 32.0 Å². The van der Waals surface area contributed by atoms with E-state index in [0.717, 1.165) is 10.2 Å². The monoisotopic (exact) mass is 443 g/mol. The molecule has 0 unspecified atom stereocenters. The summed E-state index contributed by atoms with van der Waals surface area (Å²) in [5, 5.41) is 10.3. The van der Waals surface area contributed by atoms with Crippen molar-refractivity contribution in [3.8, 4) is 0 Å². The standard InChI is InChI=1S/C22H26ClN5O3/c1-13(2)9-25-21(30)19-14(3)20-22(31)28(26-12-27(20)15(19)4)11-18(29)24-10-16-7-5-6-8-17(16)23/h5-8,12-13H,9-11H2,1-4H3,(H,24,29)(H,25,30). The molecule has 0 radical (unpaired) electrons. The van der Waals surface area contributed by atoms with E-state index >= 15 is 0 Å². The molecule has 31 heavy (non-hydrogen) atoms. The van der Waals surface area contributed by atoms with Crippen molar-refractivity contribution in [3.63, 3.8) is 0 Å². The van der Waals surface area contributed by atoms with Crippen molar-refractivity contribution in [2.75, 3.05) is 6.54 Å². The minimum absolute atomic E-state index is 0.226. The highest BCUT2D eigenvalue weighted by Crippen LogP contribution is 2.20. The topological polar surface area (TPSA) is 97.5 Å². The molecule has 2 aromatic heterocycles. The molecule has 9 heteroatoms. The SMILES string of the molecule is Cc1c(C(=O)NCC(C)C)c(C)n2cnn(CC(=O)NCc3ccccc3Cl)c(=O)c12. The maximum absolute atomic E-state index is 13.0. The lowest BCUT2D eigenvalue weighted by Crippen LogP contribution is -2.34. The van der Waals surface area contributed by atoms with Crippen LogP contribution in [0.5, 0.6) is 0 Å². The Morgan fingerprint density at radius 1 is 1.16 bits per heavy atom. The lowest BCUT2D eigenvalue weighted by atomic mass is 10.1. The van der Waals surface area contributed by atoms with Gasteiger partial charge in [0.05, 0.1) is 5.56 Å². The van der Waals surface area contributed by atoms with Crippen LogP contribution in [0, 0.1) is 19.8 Å². The minimum atomic E-state index is -0.432. The second kappa shape index (κ2) is 9.34. The van der Waals surface area contributed by atoms with Gasteiger partial charge in [-0.1, -0.05) is 43.6 Å². The van der Waals surface area contributed by atoms with Crippen molar-refractivity contribution in [2.45, 2.75) is 40.8 Å². The maximum Gasteiger partial charge on any atom is 0.291 e. The summed E-state index contributed by atoms with van der Waals surface area (Å²) in [6, 6.07) is 7.21. The summed E-state index contributed by atoms with van der Waals surface area (Å²) in [7, 11) is 0. The normalized spacial score (nSPS) is 11.2. The van der Waals surface area contributed by atoms with Crippen LogP contribution in [-0.2, 0) is 17.9 Å². The quantitative estimate of drug-likeness (QED) is 0.586. The van der Waals surface area contributed by atoms with E-state index in [1.165, 1.54) is 6.33 Å². The van der Waals surface area contributed by atoms with Crippen LogP contribution < -0.4 is 16.2 Å². The largest absolute Gasteiger partial charge is 0.352 e. The highest BCUT2D eigenvalue weighted by atomic mass is 35.5. The second-order valence-electron chi connectivity index (χ2n) is 7.87. The second-order valence-corrected chi connectivity index (χ2v) is 8.28. The highest BCUT2D eigenvalue weighted by Gasteiger charge is 2.22. The van der Waals surface area contributed by atoms with Crippen LogP contribution in [0.15, 0.2) is 35.4 Å². The number of hydrogen-bond donors (Lipinski definition) is 2. The van der Waals surface area contributed by atoms with E-state index in [-0.39, 0.29) is 24.9 Å². The summed E-state index contributed by atoms with van der Waals surface area (Å²) >= 11 is 6.10. The van der Waals surface area contributed by atoms with Crippen LogP contribution in [0.1, 0.15) is 41.0 Å². The molecular formula is C22H26ClN5O3. The average molecular weight is 444 g/mol. The number of nitrogens with one attached hydrogen (secondary N) is 2. The van der Waals surface area contributed by atoms with Crippen molar-refractivity contribution >= 4 is 28.9 Å². The van der Waals surface area contributed by atoms with Crippen molar-refractivity contribution < 1.29 is 9.59 Å². The van der Waals surface area contributed by atoms with Gasteiger partial charge in [0.1, 0.15) is 18.4 Å². The zero-order chi connectivity index (χ0) is 22.7. The number of benzene rings is 1. The third-order valence-corrected chi connectivity index (χ3v) is 5.43. The van der Waals surface area contributed by atoms with E-state index in [4.69, 9.17) is 11.6 Å². The van der Waals surface area contributed by atoms with Gasteiger partial charge in [0.15, 0.2) is 0 Å². The van der Waals surface area contributed by atoms with E-state index in [2.05, 4.69) is 15.7 Å². The molecule has 164 valence electrons. The number of fused-ring (bicyclic) bond motifs is 1. The van der Waals surface area contributed by atoms with Crippen LogP contribution in [0.25, 0.3) is 5.52 Å². The number of aryl methyl sites for hydroxylation is 2. The van der Waals surface area contributed by atoms with Crippen LogP contribution >= 0.6 is 11.6 Å². The van der Waals surface area contributed by atoms with Crippen LogP contribution in [0.4, 0.5) is 0 Å². The Labute approximate surface area is 185 Å². The van der Waals surface area contributed by atoms with Crippen molar-refractivity contribution in [1.29, 1.82) is 0 Å². The molecule has 0 aliphatic heterocycles. The zero-order valence-corrected chi connectivity index (χ0v) is 18.8. The zero-order valence-electron chi connectivity index (χ0n) is 18.0. The summed E-state index contributed by atoms with van der Waals surface area (Å²) < 4.78 is 2.69. The molecule has 2 heterocycles. The molecule has 0 aliphatic carbocycles. The predicted molar refractivity (Wildman–Crippen MR) is 119 cm³/mol. The van der Waals surface area contributed by atoms with Crippen LogP contribution in [-0.4, -0.2) is 32.5 Å². The fourth-order valence-corrected chi connectivity index (χ4v) is 3.62. The first-order chi connectivity index (χ1) is 14.7. The maximum atomic E-state index is 13.0. The Hall–Kier alpha value is -3.13.